The quantitative estimate of drug-likeness (QED) is 0.193. The van der Waals surface area contributed by atoms with Gasteiger partial charge in [0.05, 0.1) is 0 Å². The third-order valence-corrected chi connectivity index (χ3v) is 9.47. The summed E-state index contributed by atoms with van der Waals surface area (Å²) in [6.07, 6.45) is 0. The second kappa shape index (κ2) is 9.69. The number of benzene rings is 8. The lowest BCUT2D eigenvalue weighted by Gasteiger charge is -2.18. The maximum atomic E-state index is 7.06. The van der Waals surface area contributed by atoms with E-state index in [1.807, 2.05) is 18.2 Å². The molecule has 2 aromatic heterocycles. The second-order valence-corrected chi connectivity index (χ2v) is 12.0. The monoisotopic (exact) mass is 586 g/mol. The molecule has 0 bridgehead atoms. The van der Waals surface area contributed by atoms with E-state index < -0.39 is 0 Å². The number of hydrogen-bond acceptors (Lipinski definition) is 2. The fourth-order valence-electron chi connectivity index (χ4n) is 7.57. The number of furan rings is 2. The first kappa shape index (κ1) is 25.2. The molecule has 214 valence electrons. The van der Waals surface area contributed by atoms with Crippen molar-refractivity contribution in [3.05, 3.63) is 158 Å². The first-order valence-electron chi connectivity index (χ1n) is 15.7. The maximum absolute atomic E-state index is 7.06. The first-order valence-corrected chi connectivity index (χ1v) is 15.7. The molecule has 0 N–H and O–H groups in total. The summed E-state index contributed by atoms with van der Waals surface area (Å²) < 4.78 is 13.4. The van der Waals surface area contributed by atoms with Crippen molar-refractivity contribution in [1.29, 1.82) is 0 Å². The van der Waals surface area contributed by atoms with Crippen molar-refractivity contribution in [2.75, 3.05) is 0 Å². The number of hydrogen-bond donors (Lipinski definition) is 0. The van der Waals surface area contributed by atoms with Crippen LogP contribution in [-0.2, 0) is 0 Å². The smallest absolute Gasteiger partial charge is 0.144 e. The molecule has 0 spiro atoms. The Balaban J connectivity index is 1.41. The van der Waals surface area contributed by atoms with Crippen molar-refractivity contribution >= 4 is 65.2 Å². The number of fused-ring (bicyclic) bond motifs is 8. The molecule has 0 atom stereocenters. The van der Waals surface area contributed by atoms with Crippen LogP contribution in [0.2, 0.25) is 0 Å². The summed E-state index contributed by atoms with van der Waals surface area (Å²) in [6, 6.07) is 55.9. The van der Waals surface area contributed by atoms with Gasteiger partial charge in [0.1, 0.15) is 22.5 Å². The summed E-state index contributed by atoms with van der Waals surface area (Å²) in [5.41, 5.74) is 8.36. The summed E-state index contributed by atoms with van der Waals surface area (Å²) in [7, 11) is 0. The number of para-hydroxylation sites is 1. The van der Waals surface area contributed by atoms with Crippen LogP contribution in [-0.4, -0.2) is 0 Å². The highest BCUT2D eigenvalue weighted by atomic mass is 16.3. The van der Waals surface area contributed by atoms with Gasteiger partial charge in [0, 0.05) is 27.3 Å². The Kier molecular flexibility index (Phi) is 5.31. The average molecular weight is 587 g/mol. The Morgan fingerprint density at radius 1 is 0.304 bits per heavy atom. The lowest BCUT2D eigenvalue weighted by molar-refractivity contribution is 0.633. The lowest BCUT2D eigenvalue weighted by atomic mass is 9.85. The van der Waals surface area contributed by atoms with Gasteiger partial charge in [0.25, 0.3) is 0 Å². The summed E-state index contributed by atoms with van der Waals surface area (Å²) in [6.45, 7) is 0. The van der Waals surface area contributed by atoms with Gasteiger partial charge in [-0.2, -0.15) is 0 Å². The van der Waals surface area contributed by atoms with Crippen LogP contribution in [0.25, 0.3) is 98.8 Å². The van der Waals surface area contributed by atoms with Crippen molar-refractivity contribution in [3.8, 4) is 33.6 Å². The Morgan fingerprint density at radius 2 is 0.848 bits per heavy atom. The summed E-state index contributed by atoms with van der Waals surface area (Å²) >= 11 is 0. The second-order valence-electron chi connectivity index (χ2n) is 12.0. The molecule has 0 aliphatic heterocycles. The minimum absolute atomic E-state index is 0.846. The van der Waals surface area contributed by atoms with E-state index in [0.29, 0.717) is 0 Å². The molecule has 8 aromatic carbocycles. The SMILES string of the molecule is c1ccc(-c2c(-c3c4ccccc4c(-c4cccc5ccccc45)c4ccccc34)oc3ccc4oc5ccccc5c4c23)cc1. The largest absolute Gasteiger partial charge is 0.456 e. The molecule has 10 rings (SSSR count). The molecule has 0 unspecified atom stereocenters. The fraction of sp³-hybridized carbons (Fsp3) is 0. The van der Waals surface area contributed by atoms with E-state index in [1.165, 1.54) is 32.7 Å². The molecule has 10 aromatic rings. The van der Waals surface area contributed by atoms with Crippen LogP contribution < -0.4 is 0 Å². The lowest BCUT2D eigenvalue weighted by Crippen LogP contribution is -1.92. The van der Waals surface area contributed by atoms with Crippen LogP contribution in [0.5, 0.6) is 0 Å². The zero-order chi connectivity index (χ0) is 30.2. The Labute approximate surface area is 264 Å². The van der Waals surface area contributed by atoms with Gasteiger partial charge < -0.3 is 8.83 Å². The third-order valence-electron chi connectivity index (χ3n) is 9.47. The van der Waals surface area contributed by atoms with Gasteiger partial charge in [-0.15, -0.1) is 0 Å². The molecule has 0 radical (unpaired) electrons. The van der Waals surface area contributed by atoms with E-state index in [1.54, 1.807) is 0 Å². The molecular weight excluding hydrogens is 560 g/mol. The molecular formula is C44H26O2. The summed E-state index contributed by atoms with van der Waals surface area (Å²) in [5, 5.41) is 10.5. The van der Waals surface area contributed by atoms with Crippen LogP contribution in [0, 0.1) is 0 Å². The Hall–Kier alpha value is -6.12. The maximum Gasteiger partial charge on any atom is 0.144 e. The van der Waals surface area contributed by atoms with E-state index in [0.717, 1.165) is 66.1 Å². The van der Waals surface area contributed by atoms with Crippen molar-refractivity contribution in [3.63, 3.8) is 0 Å². The Morgan fingerprint density at radius 3 is 1.57 bits per heavy atom. The normalized spacial score (nSPS) is 11.9. The molecule has 2 heterocycles. The zero-order valence-electron chi connectivity index (χ0n) is 24.8. The molecule has 46 heavy (non-hydrogen) atoms. The van der Waals surface area contributed by atoms with Crippen molar-refractivity contribution in [1.82, 2.24) is 0 Å². The van der Waals surface area contributed by atoms with Gasteiger partial charge in [0.15, 0.2) is 0 Å². The van der Waals surface area contributed by atoms with Crippen LogP contribution in [0.3, 0.4) is 0 Å². The summed E-state index contributed by atoms with van der Waals surface area (Å²) in [5.74, 6) is 0.871. The third kappa shape index (κ3) is 3.53. The van der Waals surface area contributed by atoms with Gasteiger partial charge in [-0.05, 0) is 67.2 Å². The molecule has 2 heteroatoms. The van der Waals surface area contributed by atoms with Crippen molar-refractivity contribution in [2.24, 2.45) is 0 Å². The highest BCUT2D eigenvalue weighted by molar-refractivity contribution is 6.28. The molecule has 0 amide bonds. The van der Waals surface area contributed by atoms with E-state index in [2.05, 4.69) is 140 Å². The highest BCUT2D eigenvalue weighted by Gasteiger charge is 2.26. The van der Waals surface area contributed by atoms with Crippen LogP contribution >= 0.6 is 0 Å². The van der Waals surface area contributed by atoms with Gasteiger partial charge in [-0.25, -0.2) is 0 Å². The molecule has 0 fully saturated rings. The average Bonchev–Trinajstić information content (AvgIpc) is 3.69. The van der Waals surface area contributed by atoms with Crippen molar-refractivity contribution in [2.45, 2.75) is 0 Å². The fourth-order valence-corrected chi connectivity index (χ4v) is 7.57. The minimum atomic E-state index is 0.846. The molecule has 2 nitrogen and oxygen atoms in total. The molecule has 0 aliphatic rings. The zero-order valence-corrected chi connectivity index (χ0v) is 24.8. The molecule has 0 aliphatic carbocycles. The Bertz CT molecular complexity index is 2740. The van der Waals surface area contributed by atoms with Crippen LogP contribution in [0.15, 0.2) is 167 Å². The van der Waals surface area contributed by atoms with Crippen molar-refractivity contribution < 1.29 is 8.83 Å². The predicted molar refractivity (Wildman–Crippen MR) is 192 cm³/mol. The topological polar surface area (TPSA) is 26.3 Å². The summed E-state index contributed by atoms with van der Waals surface area (Å²) in [4.78, 5) is 0. The standard InChI is InChI=1S/C44H26O2/c1-2-14-28(15-3-1)39-43-38(26-25-37-42(43)35-22-10-11-24-36(35)45-37)46-44(39)41-33-20-8-6-18-31(33)40(32-19-7-9-21-34(32)41)30-23-12-16-27-13-4-5-17-29(27)30/h1-26H. The van der Waals surface area contributed by atoms with Gasteiger partial charge in [-0.1, -0.05) is 140 Å². The number of rotatable bonds is 3. The minimum Gasteiger partial charge on any atom is -0.456 e. The van der Waals surface area contributed by atoms with E-state index in [9.17, 15) is 0 Å². The van der Waals surface area contributed by atoms with Gasteiger partial charge in [0.2, 0.25) is 0 Å². The van der Waals surface area contributed by atoms with Crippen LogP contribution in [0.4, 0.5) is 0 Å². The van der Waals surface area contributed by atoms with E-state index in [4.69, 9.17) is 8.83 Å². The van der Waals surface area contributed by atoms with Gasteiger partial charge >= 0.3 is 0 Å². The highest BCUT2D eigenvalue weighted by Crippen LogP contribution is 2.51. The van der Waals surface area contributed by atoms with E-state index >= 15 is 0 Å². The first-order chi connectivity index (χ1) is 22.8. The van der Waals surface area contributed by atoms with E-state index in [-0.39, 0.29) is 0 Å². The molecule has 0 saturated heterocycles. The molecule has 0 saturated carbocycles. The van der Waals surface area contributed by atoms with Crippen LogP contribution in [0.1, 0.15) is 0 Å². The predicted octanol–water partition coefficient (Wildman–Crippen LogP) is 12.8. The van der Waals surface area contributed by atoms with Gasteiger partial charge in [-0.3, -0.25) is 0 Å².